The number of rotatable bonds is 4. The van der Waals surface area contributed by atoms with E-state index in [0.717, 1.165) is 0 Å². The second kappa shape index (κ2) is 5.26. The van der Waals surface area contributed by atoms with Crippen LogP contribution in [0.1, 0.15) is 5.56 Å². The summed E-state index contributed by atoms with van der Waals surface area (Å²) in [6.45, 7) is -0.425. The highest BCUT2D eigenvalue weighted by molar-refractivity contribution is 6.17. The molecular formula is C10H11ClF3N. The molecule has 84 valence electrons. The van der Waals surface area contributed by atoms with Gasteiger partial charge in [-0.3, -0.25) is 0 Å². The van der Waals surface area contributed by atoms with E-state index in [1.165, 1.54) is 24.1 Å². The molecule has 0 amide bonds. The molecule has 15 heavy (non-hydrogen) atoms. The third-order valence-electron chi connectivity index (χ3n) is 1.95. The first kappa shape index (κ1) is 12.2. The van der Waals surface area contributed by atoms with Gasteiger partial charge in [0, 0.05) is 18.6 Å². The molecule has 0 aliphatic rings. The zero-order valence-electron chi connectivity index (χ0n) is 8.18. The van der Waals surface area contributed by atoms with Gasteiger partial charge in [-0.05, 0) is 23.8 Å². The second-order valence-electron chi connectivity index (χ2n) is 3.22. The van der Waals surface area contributed by atoms with Crippen LogP contribution < -0.4 is 4.90 Å². The largest absolute Gasteiger partial charge is 0.369 e. The molecule has 0 heterocycles. The molecule has 5 heteroatoms. The van der Waals surface area contributed by atoms with Gasteiger partial charge in [-0.2, -0.15) is 0 Å². The maximum absolute atomic E-state index is 13.0. The van der Waals surface area contributed by atoms with Crippen molar-refractivity contribution in [2.24, 2.45) is 0 Å². The number of alkyl halides is 3. The number of nitrogens with zero attached hydrogens (tertiary/aromatic N) is 1. The van der Waals surface area contributed by atoms with Gasteiger partial charge < -0.3 is 4.90 Å². The number of anilines is 1. The Bertz CT molecular complexity index is 330. The molecule has 1 aromatic rings. The van der Waals surface area contributed by atoms with Gasteiger partial charge in [0.1, 0.15) is 5.82 Å². The summed E-state index contributed by atoms with van der Waals surface area (Å²) in [6.07, 6.45) is -2.45. The van der Waals surface area contributed by atoms with E-state index in [2.05, 4.69) is 0 Å². The molecule has 1 nitrogen and oxygen atoms in total. The monoisotopic (exact) mass is 237 g/mol. The number of hydrogen-bond donors (Lipinski definition) is 0. The first-order valence-electron chi connectivity index (χ1n) is 4.37. The summed E-state index contributed by atoms with van der Waals surface area (Å²) in [4.78, 5) is 1.30. The van der Waals surface area contributed by atoms with Crippen LogP contribution in [0, 0.1) is 5.82 Å². The lowest BCUT2D eigenvalue weighted by Gasteiger charge is -2.19. The summed E-state index contributed by atoms with van der Waals surface area (Å²) in [5.74, 6) is -0.308. The standard InChI is InChI=1S/C10H11ClF3N/c1-15(6-10(13)14)9-3-7(5-11)2-8(12)4-9/h2-4,10H,5-6H2,1H3. The zero-order valence-corrected chi connectivity index (χ0v) is 8.94. The van der Waals surface area contributed by atoms with Crippen molar-refractivity contribution in [2.75, 3.05) is 18.5 Å². The van der Waals surface area contributed by atoms with Gasteiger partial charge >= 0.3 is 0 Å². The predicted molar refractivity (Wildman–Crippen MR) is 55.2 cm³/mol. The molecule has 0 radical (unpaired) electrons. The number of halogens is 4. The van der Waals surface area contributed by atoms with Crippen molar-refractivity contribution in [3.05, 3.63) is 29.6 Å². The van der Waals surface area contributed by atoms with Gasteiger partial charge in [-0.1, -0.05) is 0 Å². The minimum Gasteiger partial charge on any atom is -0.369 e. The minimum absolute atomic E-state index is 0.160. The summed E-state index contributed by atoms with van der Waals surface area (Å²) in [6, 6.07) is 4.09. The maximum Gasteiger partial charge on any atom is 0.255 e. The molecule has 0 unspecified atom stereocenters. The average molecular weight is 238 g/mol. The van der Waals surface area contributed by atoms with Crippen molar-refractivity contribution in [1.29, 1.82) is 0 Å². The summed E-state index contributed by atoms with van der Waals surface area (Å²) in [7, 11) is 1.49. The third-order valence-corrected chi connectivity index (χ3v) is 2.26. The maximum atomic E-state index is 13.0. The molecule has 0 bridgehead atoms. The SMILES string of the molecule is CN(CC(F)F)c1cc(F)cc(CCl)c1. The Morgan fingerprint density at radius 1 is 1.33 bits per heavy atom. The molecule has 0 atom stereocenters. The molecule has 0 N–H and O–H groups in total. The van der Waals surface area contributed by atoms with Gasteiger partial charge in [0.05, 0.1) is 6.54 Å². The van der Waals surface area contributed by atoms with Crippen LogP contribution in [0.25, 0.3) is 0 Å². The Kier molecular flexibility index (Phi) is 4.27. The Labute approximate surface area is 91.5 Å². The van der Waals surface area contributed by atoms with Crippen molar-refractivity contribution < 1.29 is 13.2 Å². The van der Waals surface area contributed by atoms with Gasteiger partial charge in [0.15, 0.2) is 0 Å². The quantitative estimate of drug-likeness (QED) is 0.727. The lowest BCUT2D eigenvalue weighted by Crippen LogP contribution is -2.24. The molecule has 0 fully saturated rings. The van der Waals surface area contributed by atoms with Gasteiger partial charge in [0.25, 0.3) is 6.43 Å². The summed E-state index contributed by atoms with van der Waals surface area (Å²) < 4.78 is 37.2. The topological polar surface area (TPSA) is 3.24 Å². The molecule has 1 aromatic carbocycles. The molecule has 0 aliphatic heterocycles. The molecule has 0 saturated heterocycles. The molecule has 1 rings (SSSR count). The average Bonchev–Trinajstić information content (AvgIpc) is 2.15. The van der Waals surface area contributed by atoms with Crippen molar-refractivity contribution in [1.82, 2.24) is 0 Å². The van der Waals surface area contributed by atoms with E-state index in [1.54, 1.807) is 6.07 Å². The third kappa shape index (κ3) is 3.63. The van der Waals surface area contributed by atoms with Crippen LogP contribution in [0.2, 0.25) is 0 Å². The van der Waals surface area contributed by atoms with Crippen molar-refractivity contribution in [3.63, 3.8) is 0 Å². The van der Waals surface area contributed by atoms with E-state index < -0.39 is 18.8 Å². The summed E-state index contributed by atoms with van der Waals surface area (Å²) in [5.41, 5.74) is 0.985. The highest BCUT2D eigenvalue weighted by Gasteiger charge is 2.10. The van der Waals surface area contributed by atoms with Crippen LogP contribution >= 0.6 is 11.6 Å². The smallest absolute Gasteiger partial charge is 0.255 e. The van der Waals surface area contributed by atoms with E-state index in [1.807, 2.05) is 0 Å². The first-order chi connectivity index (χ1) is 7.02. The van der Waals surface area contributed by atoms with Crippen molar-refractivity contribution >= 4 is 17.3 Å². The van der Waals surface area contributed by atoms with E-state index in [9.17, 15) is 13.2 Å². The van der Waals surface area contributed by atoms with Gasteiger partial charge in [0.2, 0.25) is 0 Å². The van der Waals surface area contributed by atoms with E-state index in [4.69, 9.17) is 11.6 Å². The van der Waals surface area contributed by atoms with Crippen LogP contribution in [-0.2, 0) is 5.88 Å². The molecule has 0 spiro atoms. The zero-order chi connectivity index (χ0) is 11.4. The van der Waals surface area contributed by atoms with Crippen LogP contribution in [0.4, 0.5) is 18.9 Å². The van der Waals surface area contributed by atoms with Crippen LogP contribution in [-0.4, -0.2) is 20.0 Å². The van der Waals surface area contributed by atoms with Gasteiger partial charge in [-0.15, -0.1) is 11.6 Å². The van der Waals surface area contributed by atoms with Crippen LogP contribution in [0.15, 0.2) is 18.2 Å². The summed E-state index contributed by atoms with van der Waals surface area (Å²) >= 11 is 5.55. The molecule has 0 aliphatic carbocycles. The molecular weight excluding hydrogens is 227 g/mol. The van der Waals surface area contributed by atoms with Crippen LogP contribution in [0.3, 0.4) is 0 Å². The summed E-state index contributed by atoms with van der Waals surface area (Å²) in [5, 5.41) is 0. The Morgan fingerprint density at radius 2 is 2.00 bits per heavy atom. The number of hydrogen-bond acceptors (Lipinski definition) is 1. The molecule has 0 saturated carbocycles. The Morgan fingerprint density at radius 3 is 2.53 bits per heavy atom. The normalized spacial score (nSPS) is 10.8. The highest BCUT2D eigenvalue weighted by atomic mass is 35.5. The van der Waals surface area contributed by atoms with E-state index in [-0.39, 0.29) is 5.88 Å². The lowest BCUT2D eigenvalue weighted by atomic mass is 10.2. The van der Waals surface area contributed by atoms with Crippen LogP contribution in [0.5, 0.6) is 0 Å². The fourth-order valence-corrected chi connectivity index (χ4v) is 1.40. The second-order valence-corrected chi connectivity index (χ2v) is 3.49. The van der Waals surface area contributed by atoms with Crippen molar-refractivity contribution in [2.45, 2.75) is 12.3 Å². The highest BCUT2D eigenvalue weighted by Crippen LogP contribution is 2.19. The van der Waals surface area contributed by atoms with E-state index in [0.29, 0.717) is 11.3 Å². The van der Waals surface area contributed by atoms with Gasteiger partial charge in [-0.25, -0.2) is 13.2 Å². The molecule has 0 aromatic heterocycles. The van der Waals surface area contributed by atoms with E-state index >= 15 is 0 Å². The predicted octanol–water partition coefficient (Wildman–Crippen LogP) is 3.27. The Hall–Kier alpha value is -0.900. The number of benzene rings is 1. The lowest BCUT2D eigenvalue weighted by molar-refractivity contribution is 0.156. The minimum atomic E-state index is -2.45. The fraction of sp³-hybridized carbons (Fsp3) is 0.400. The Balaban J connectivity index is 2.88. The van der Waals surface area contributed by atoms with Crippen molar-refractivity contribution in [3.8, 4) is 0 Å². The fourth-order valence-electron chi connectivity index (χ4n) is 1.24. The first-order valence-corrected chi connectivity index (χ1v) is 4.91.